The summed E-state index contributed by atoms with van der Waals surface area (Å²) in [6.45, 7) is 0. The van der Waals surface area contributed by atoms with Gasteiger partial charge in [-0.1, -0.05) is 0 Å². The highest BCUT2D eigenvalue weighted by Gasteiger charge is 2.11. The molecule has 0 aliphatic carbocycles. The van der Waals surface area contributed by atoms with Crippen molar-refractivity contribution in [1.29, 1.82) is 0 Å². The predicted octanol–water partition coefficient (Wildman–Crippen LogP) is 2.81. The highest BCUT2D eigenvalue weighted by molar-refractivity contribution is 7.08. The van der Waals surface area contributed by atoms with E-state index in [0.29, 0.717) is 11.3 Å². The molecule has 0 N–H and O–H groups in total. The average Bonchev–Trinajstić information content (AvgIpc) is 3.08. The standard InChI is InChI=1S/C13H9N3OS/c17-8-11-7-16(12-1-4-14-5-2-12)15-13(11)10-3-6-18-9-10/h1-9H. The smallest absolute Gasteiger partial charge is 0.153 e. The number of hydrogen-bond donors (Lipinski definition) is 0. The maximum absolute atomic E-state index is 11.1. The van der Waals surface area contributed by atoms with Crippen LogP contribution in [0.2, 0.25) is 0 Å². The van der Waals surface area contributed by atoms with E-state index in [1.54, 1.807) is 34.6 Å². The Hall–Kier alpha value is -2.27. The van der Waals surface area contributed by atoms with E-state index in [1.165, 1.54) is 0 Å². The van der Waals surface area contributed by atoms with Crippen molar-refractivity contribution in [3.05, 3.63) is 53.1 Å². The number of aldehydes is 1. The topological polar surface area (TPSA) is 47.8 Å². The number of rotatable bonds is 3. The number of hydrogen-bond acceptors (Lipinski definition) is 4. The van der Waals surface area contributed by atoms with Gasteiger partial charge in [-0.2, -0.15) is 16.4 Å². The number of pyridine rings is 1. The van der Waals surface area contributed by atoms with Crippen LogP contribution in [0.3, 0.4) is 0 Å². The molecule has 3 aromatic heterocycles. The van der Waals surface area contributed by atoms with Crippen molar-refractivity contribution >= 4 is 17.6 Å². The van der Waals surface area contributed by atoms with E-state index in [2.05, 4.69) is 10.1 Å². The maximum Gasteiger partial charge on any atom is 0.153 e. The summed E-state index contributed by atoms with van der Waals surface area (Å²) in [4.78, 5) is 15.1. The zero-order valence-electron chi connectivity index (χ0n) is 9.35. The van der Waals surface area contributed by atoms with Gasteiger partial charge in [0.1, 0.15) is 5.69 Å². The van der Waals surface area contributed by atoms with Crippen LogP contribution in [0.5, 0.6) is 0 Å². The molecule has 0 saturated heterocycles. The first-order chi connectivity index (χ1) is 8.88. The molecule has 0 spiro atoms. The van der Waals surface area contributed by atoms with Crippen LogP contribution in [-0.4, -0.2) is 21.1 Å². The highest BCUT2D eigenvalue weighted by atomic mass is 32.1. The summed E-state index contributed by atoms with van der Waals surface area (Å²) in [5, 5.41) is 8.40. The third kappa shape index (κ3) is 1.84. The van der Waals surface area contributed by atoms with E-state index in [-0.39, 0.29) is 0 Å². The fourth-order valence-electron chi connectivity index (χ4n) is 1.73. The number of nitrogens with zero attached hydrogens (tertiary/aromatic N) is 3. The van der Waals surface area contributed by atoms with Crippen molar-refractivity contribution in [2.75, 3.05) is 0 Å². The van der Waals surface area contributed by atoms with Gasteiger partial charge in [0.05, 0.1) is 11.3 Å². The molecule has 0 unspecified atom stereocenters. The van der Waals surface area contributed by atoms with E-state index < -0.39 is 0 Å². The lowest BCUT2D eigenvalue weighted by Crippen LogP contribution is -1.94. The Morgan fingerprint density at radius 1 is 1.22 bits per heavy atom. The molecule has 0 bridgehead atoms. The van der Waals surface area contributed by atoms with Gasteiger partial charge < -0.3 is 0 Å². The number of carbonyl (C=O) groups is 1. The van der Waals surface area contributed by atoms with Gasteiger partial charge >= 0.3 is 0 Å². The minimum Gasteiger partial charge on any atom is -0.298 e. The first kappa shape index (κ1) is 10.9. The highest BCUT2D eigenvalue weighted by Crippen LogP contribution is 2.24. The monoisotopic (exact) mass is 255 g/mol. The molecule has 3 heterocycles. The second-order valence-electron chi connectivity index (χ2n) is 3.71. The first-order valence-corrected chi connectivity index (χ1v) is 6.30. The second-order valence-corrected chi connectivity index (χ2v) is 4.49. The molecule has 3 rings (SSSR count). The van der Waals surface area contributed by atoms with Crippen molar-refractivity contribution < 1.29 is 4.79 Å². The van der Waals surface area contributed by atoms with Gasteiger partial charge in [0.15, 0.2) is 6.29 Å². The minimum absolute atomic E-state index is 0.588. The van der Waals surface area contributed by atoms with Crippen LogP contribution >= 0.6 is 11.3 Å². The predicted molar refractivity (Wildman–Crippen MR) is 70.1 cm³/mol. The lowest BCUT2D eigenvalue weighted by Gasteiger charge is -1.98. The summed E-state index contributed by atoms with van der Waals surface area (Å²) < 4.78 is 1.69. The fraction of sp³-hybridized carbons (Fsp3) is 0. The molecule has 18 heavy (non-hydrogen) atoms. The second kappa shape index (κ2) is 4.54. The van der Waals surface area contributed by atoms with E-state index in [0.717, 1.165) is 17.5 Å². The van der Waals surface area contributed by atoms with Gasteiger partial charge in [-0.3, -0.25) is 9.78 Å². The third-order valence-electron chi connectivity index (χ3n) is 2.59. The van der Waals surface area contributed by atoms with E-state index in [1.807, 2.05) is 29.0 Å². The summed E-state index contributed by atoms with van der Waals surface area (Å²) >= 11 is 1.58. The summed E-state index contributed by atoms with van der Waals surface area (Å²) in [7, 11) is 0. The zero-order valence-corrected chi connectivity index (χ0v) is 10.2. The molecule has 4 nitrogen and oxygen atoms in total. The normalized spacial score (nSPS) is 10.4. The van der Waals surface area contributed by atoms with Gasteiger partial charge in [0.2, 0.25) is 0 Å². The largest absolute Gasteiger partial charge is 0.298 e. The van der Waals surface area contributed by atoms with Gasteiger partial charge in [-0.25, -0.2) is 4.68 Å². The van der Waals surface area contributed by atoms with Crippen LogP contribution in [0.25, 0.3) is 16.9 Å². The van der Waals surface area contributed by atoms with Crippen LogP contribution in [0.4, 0.5) is 0 Å². The SMILES string of the molecule is O=Cc1cn(-c2ccncc2)nc1-c1ccsc1. The van der Waals surface area contributed by atoms with E-state index in [4.69, 9.17) is 0 Å². The molecule has 0 aliphatic rings. The fourth-order valence-corrected chi connectivity index (χ4v) is 2.37. The number of aromatic nitrogens is 3. The van der Waals surface area contributed by atoms with Crippen LogP contribution in [0.15, 0.2) is 47.5 Å². The number of thiophene rings is 1. The summed E-state index contributed by atoms with van der Waals surface area (Å²) in [5.41, 5.74) is 3.15. The maximum atomic E-state index is 11.1. The summed E-state index contributed by atoms with van der Waals surface area (Å²) in [6.07, 6.45) is 5.96. The first-order valence-electron chi connectivity index (χ1n) is 5.36. The van der Waals surface area contributed by atoms with E-state index in [9.17, 15) is 4.79 Å². The lowest BCUT2D eigenvalue weighted by atomic mass is 10.2. The van der Waals surface area contributed by atoms with Gasteiger partial charge in [-0.05, 0) is 23.6 Å². The van der Waals surface area contributed by atoms with Crippen LogP contribution in [-0.2, 0) is 0 Å². The summed E-state index contributed by atoms with van der Waals surface area (Å²) in [5.74, 6) is 0. The molecule has 5 heteroatoms. The molecule has 0 saturated carbocycles. The molecule has 3 aromatic rings. The van der Waals surface area contributed by atoms with Crippen molar-refractivity contribution in [3.63, 3.8) is 0 Å². The van der Waals surface area contributed by atoms with Crippen molar-refractivity contribution in [1.82, 2.24) is 14.8 Å². The molecular formula is C13H9N3OS. The molecular weight excluding hydrogens is 246 g/mol. The Kier molecular flexibility index (Phi) is 2.74. The Morgan fingerprint density at radius 3 is 2.72 bits per heavy atom. The lowest BCUT2D eigenvalue weighted by molar-refractivity contribution is 0.112. The Labute approximate surface area is 108 Å². The van der Waals surface area contributed by atoms with Gasteiger partial charge in [0, 0.05) is 29.5 Å². The number of carbonyl (C=O) groups excluding carboxylic acids is 1. The minimum atomic E-state index is 0.588. The van der Waals surface area contributed by atoms with E-state index >= 15 is 0 Å². The molecule has 0 aliphatic heterocycles. The average molecular weight is 255 g/mol. The zero-order chi connectivity index (χ0) is 12.4. The van der Waals surface area contributed by atoms with Crippen molar-refractivity contribution in [2.45, 2.75) is 0 Å². The van der Waals surface area contributed by atoms with Crippen molar-refractivity contribution in [2.24, 2.45) is 0 Å². The Bertz CT molecular complexity index is 659. The Morgan fingerprint density at radius 2 is 2.06 bits per heavy atom. The molecule has 0 radical (unpaired) electrons. The molecule has 0 fully saturated rings. The quantitative estimate of drug-likeness (QED) is 0.676. The van der Waals surface area contributed by atoms with Crippen molar-refractivity contribution in [3.8, 4) is 16.9 Å². The van der Waals surface area contributed by atoms with Crippen LogP contribution in [0, 0.1) is 0 Å². The van der Waals surface area contributed by atoms with Gasteiger partial charge in [0.25, 0.3) is 0 Å². The molecule has 0 atom stereocenters. The molecule has 0 aromatic carbocycles. The third-order valence-corrected chi connectivity index (χ3v) is 3.27. The van der Waals surface area contributed by atoms with Crippen LogP contribution in [0.1, 0.15) is 10.4 Å². The molecule has 88 valence electrons. The summed E-state index contributed by atoms with van der Waals surface area (Å²) in [6, 6.07) is 5.65. The van der Waals surface area contributed by atoms with Gasteiger partial charge in [-0.15, -0.1) is 0 Å². The molecule has 0 amide bonds. The van der Waals surface area contributed by atoms with Crippen LogP contribution < -0.4 is 0 Å². The Balaban J connectivity index is 2.12.